The van der Waals surface area contributed by atoms with Gasteiger partial charge in [0.25, 0.3) is 0 Å². The smallest absolute Gasteiger partial charge is 0.256 e. The normalized spacial score (nSPS) is 11.6. The van der Waals surface area contributed by atoms with Crippen LogP contribution in [0.25, 0.3) is 0 Å². The van der Waals surface area contributed by atoms with Crippen LogP contribution in [-0.4, -0.2) is 12.1 Å². The van der Waals surface area contributed by atoms with E-state index in [0.29, 0.717) is 13.0 Å². The van der Waals surface area contributed by atoms with Crippen molar-refractivity contribution in [2.45, 2.75) is 11.9 Å². The zero-order valence-corrected chi connectivity index (χ0v) is 8.16. The predicted molar refractivity (Wildman–Crippen MR) is 51.8 cm³/mol. The fourth-order valence-corrected chi connectivity index (χ4v) is 1.34. The van der Waals surface area contributed by atoms with Crippen molar-refractivity contribution in [3.63, 3.8) is 0 Å². The van der Waals surface area contributed by atoms with E-state index in [1.165, 1.54) is 0 Å². The molecule has 78 valence electrons. The third-order valence-electron chi connectivity index (χ3n) is 1.55. The van der Waals surface area contributed by atoms with Crippen LogP contribution in [0.2, 0.25) is 0 Å². The Bertz CT molecular complexity index is 261. The number of alkyl halides is 3. The Kier molecular flexibility index (Phi) is 4.28. The average molecular weight is 221 g/mol. The number of hydrogen-bond acceptors (Lipinski definition) is 2. The minimum absolute atomic E-state index is 0.197. The topological polar surface area (TPSA) is 12.0 Å². The Balaban J connectivity index is 2.17. The molecule has 0 spiro atoms. The van der Waals surface area contributed by atoms with Crippen molar-refractivity contribution < 1.29 is 13.2 Å². The predicted octanol–water partition coefficient (Wildman–Crippen LogP) is 2.99. The third-order valence-corrected chi connectivity index (χ3v) is 2.13. The lowest BCUT2D eigenvalue weighted by Crippen LogP contribution is -2.15. The molecule has 0 aromatic heterocycles. The molecule has 1 N–H and O–H groups in total. The number of rotatable bonds is 4. The monoisotopic (exact) mass is 221 g/mol. The molecule has 0 unspecified atom stereocenters. The summed E-state index contributed by atoms with van der Waals surface area (Å²) >= 11 is -0.197. The highest BCUT2D eigenvalue weighted by molar-refractivity contribution is 7.98. The summed E-state index contributed by atoms with van der Waals surface area (Å²) in [5.41, 5.74) is -3.17. The van der Waals surface area contributed by atoms with E-state index < -0.39 is 5.51 Å². The van der Waals surface area contributed by atoms with Crippen molar-refractivity contribution >= 4 is 11.9 Å². The van der Waals surface area contributed by atoms with Gasteiger partial charge in [-0.3, -0.25) is 4.72 Å². The lowest BCUT2D eigenvalue weighted by atomic mass is 10.2. The van der Waals surface area contributed by atoms with Gasteiger partial charge >= 0.3 is 5.51 Å². The van der Waals surface area contributed by atoms with Gasteiger partial charge in [0.2, 0.25) is 0 Å². The van der Waals surface area contributed by atoms with Gasteiger partial charge in [-0.05, 0) is 12.0 Å². The van der Waals surface area contributed by atoms with Crippen LogP contribution in [0.4, 0.5) is 13.2 Å². The Hall–Kier alpha value is -0.680. The highest BCUT2D eigenvalue weighted by Crippen LogP contribution is 2.26. The van der Waals surface area contributed by atoms with Crippen molar-refractivity contribution in [2.75, 3.05) is 6.54 Å². The second-order valence-electron chi connectivity index (χ2n) is 2.68. The lowest BCUT2D eigenvalue weighted by Gasteiger charge is -2.06. The van der Waals surface area contributed by atoms with Crippen LogP contribution >= 0.6 is 11.9 Å². The van der Waals surface area contributed by atoms with E-state index in [1.807, 2.05) is 30.3 Å². The van der Waals surface area contributed by atoms with Crippen LogP contribution in [0.3, 0.4) is 0 Å². The fraction of sp³-hybridized carbons (Fsp3) is 0.333. The highest BCUT2D eigenvalue weighted by Gasteiger charge is 2.27. The first-order chi connectivity index (χ1) is 6.58. The molecular weight excluding hydrogens is 211 g/mol. The molecule has 0 heterocycles. The van der Waals surface area contributed by atoms with Crippen molar-refractivity contribution in [2.24, 2.45) is 0 Å². The summed E-state index contributed by atoms with van der Waals surface area (Å²) in [6.45, 7) is 0.314. The Morgan fingerprint density at radius 3 is 2.36 bits per heavy atom. The zero-order chi connectivity index (χ0) is 10.4. The second kappa shape index (κ2) is 5.26. The molecule has 0 aliphatic heterocycles. The molecule has 0 saturated carbocycles. The molecule has 0 aliphatic rings. The standard InChI is InChI=1S/C9H10F3NS/c10-9(11,12)14-13-7-6-8-4-2-1-3-5-8/h1-5,13H,6-7H2. The minimum atomic E-state index is -4.20. The van der Waals surface area contributed by atoms with Gasteiger partial charge in [0.15, 0.2) is 0 Å². The molecule has 0 atom stereocenters. The molecule has 0 aliphatic carbocycles. The van der Waals surface area contributed by atoms with Gasteiger partial charge in [-0.15, -0.1) is 0 Å². The maximum atomic E-state index is 11.7. The molecule has 0 amide bonds. The summed E-state index contributed by atoms with van der Waals surface area (Å²) < 4.78 is 37.3. The fourth-order valence-electron chi connectivity index (χ4n) is 0.973. The maximum Gasteiger partial charge on any atom is 0.456 e. The van der Waals surface area contributed by atoms with Crippen LogP contribution in [0.5, 0.6) is 0 Å². The second-order valence-corrected chi connectivity index (χ2v) is 3.63. The third kappa shape index (κ3) is 5.14. The Morgan fingerprint density at radius 2 is 1.79 bits per heavy atom. The molecule has 1 aromatic carbocycles. The van der Waals surface area contributed by atoms with E-state index in [-0.39, 0.29) is 11.9 Å². The van der Waals surface area contributed by atoms with E-state index in [1.54, 1.807) is 0 Å². The van der Waals surface area contributed by atoms with Gasteiger partial charge in [0.05, 0.1) is 0 Å². The van der Waals surface area contributed by atoms with Crippen molar-refractivity contribution in [1.82, 2.24) is 4.72 Å². The van der Waals surface area contributed by atoms with Crippen molar-refractivity contribution in [3.8, 4) is 0 Å². The molecule has 1 aromatic rings. The van der Waals surface area contributed by atoms with Gasteiger partial charge < -0.3 is 0 Å². The first kappa shape index (κ1) is 11.4. The molecule has 5 heteroatoms. The van der Waals surface area contributed by atoms with E-state index in [9.17, 15) is 13.2 Å². The molecule has 1 nitrogen and oxygen atoms in total. The maximum absolute atomic E-state index is 11.7. The van der Waals surface area contributed by atoms with Gasteiger partial charge in [0, 0.05) is 18.5 Å². The van der Waals surface area contributed by atoms with Crippen LogP contribution in [0.15, 0.2) is 30.3 Å². The summed E-state index contributed by atoms with van der Waals surface area (Å²) in [7, 11) is 0. The molecule has 0 saturated heterocycles. The molecule has 14 heavy (non-hydrogen) atoms. The average Bonchev–Trinajstić information content (AvgIpc) is 2.13. The van der Waals surface area contributed by atoms with Crippen LogP contribution < -0.4 is 4.72 Å². The first-order valence-corrected chi connectivity index (χ1v) is 4.91. The van der Waals surface area contributed by atoms with E-state index >= 15 is 0 Å². The SMILES string of the molecule is FC(F)(F)SNCCc1ccccc1. The quantitative estimate of drug-likeness (QED) is 0.619. The van der Waals surface area contributed by atoms with Crippen LogP contribution in [0, 0.1) is 0 Å². The zero-order valence-electron chi connectivity index (χ0n) is 7.34. The number of benzene rings is 1. The molecule has 1 rings (SSSR count). The summed E-state index contributed by atoms with van der Waals surface area (Å²) in [6.07, 6.45) is 0.601. The van der Waals surface area contributed by atoms with E-state index in [0.717, 1.165) is 5.56 Å². The summed E-state index contributed by atoms with van der Waals surface area (Å²) in [6, 6.07) is 9.39. The van der Waals surface area contributed by atoms with Gasteiger partial charge in [-0.25, -0.2) is 0 Å². The minimum Gasteiger partial charge on any atom is -0.256 e. The number of hydrogen-bond donors (Lipinski definition) is 1. The summed E-state index contributed by atoms with van der Waals surface area (Å²) in [5, 5.41) is 0. The largest absolute Gasteiger partial charge is 0.456 e. The van der Waals surface area contributed by atoms with Gasteiger partial charge in [0.1, 0.15) is 0 Å². The number of nitrogens with one attached hydrogen (secondary N) is 1. The summed E-state index contributed by atoms with van der Waals surface area (Å²) in [5.74, 6) is 0. The van der Waals surface area contributed by atoms with E-state index in [2.05, 4.69) is 4.72 Å². The van der Waals surface area contributed by atoms with Gasteiger partial charge in [-0.2, -0.15) is 13.2 Å². The van der Waals surface area contributed by atoms with Crippen molar-refractivity contribution in [1.29, 1.82) is 0 Å². The molecule has 0 bridgehead atoms. The Labute approximate surface area is 84.8 Å². The first-order valence-electron chi connectivity index (χ1n) is 4.09. The number of halogens is 3. The van der Waals surface area contributed by atoms with Crippen LogP contribution in [-0.2, 0) is 6.42 Å². The van der Waals surface area contributed by atoms with E-state index in [4.69, 9.17) is 0 Å². The van der Waals surface area contributed by atoms with Gasteiger partial charge in [-0.1, -0.05) is 30.3 Å². The molecule has 0 fully saturated rings. The highest BCUT2D eigenvalue weighted by atomic mass is 32.2. The summed E-state index contributed by atoms with van der Waals surface area (Å²) in [4.78, 5) is 0. The lowest BCUT2D eigenvalue weighted by molar-refractivity contribution is -0.0335. The van der Waals surface area contributed by atoms with Crippen molar-refractivity contribution in [3.05, 3.63) is 35.9 Å². The molecule has 0 radical (unpaired) electrons. The van der Waals surface area contributed by atoms with Crippen LogP contribution in [0.1, 0.15) is 5.56 Å². The molecular formula is C9H10F3NS. The Morgan fingerprint density at radius 1 is 1.14 bits per heavy atom.